The minimum Gasteiger partial charge on any atom is -0.383 e. The number of carbonyl (C=O) groups excluding carboxylic acids is 2. The Morgan fingerprint density at radius 3 is 2.22 bits per heavy atom. The summed E-state index contributed by atoms with van der Waals surface area (Å²) in [7, 11) is 6.63. The first-order valence-electron chi connectivity index (χ1n) is 5.93. The molecule has 6 nitrogen and oxygen atoms in total. The van der Waals surface area contributed by atoms with Gasteiger partial charge >= 0.3 is 0 Å². The van der Waals surface area contributed by atoms with Crippen molar-refractivity contribution in [3.05, 3.63) is 0 Å². The van der Waals surface area contributed by atoms with Crippen LogP contribution >= 0.6 is 0 Å². The Morgan fingerprint density at radius 1 is 1.28 bits per heavy atom. The second-order valence-corrected chi connectivity index (χ2v) is 4.88. The molecular formula is C12H25N3O3. The zero-order valence-corrected chi connectivity index (χ0v) is 12.2. The molecule has 0 aromatic carbocycles. The molecule has 0 aromatic rings. The molecule has 0 aliphatic heterocycles. The highest BCUT2D eigenvalue weighted by Crippen LogP contribution is 2.07. The molecule has 18 heavy (non-hydrogen) atoms. The van der Waals surface area contributed by atoms with E-state index in [1.54, 1.807) is 42.1 Å². The first kappa shape index (κ1) is 16.9. The minimum absolute atomic E-state index is 0.0697. The van der Waals surface area contributed by atoms with Crippen LogP contribution in [0.15, 0.2) is 0 Å². The Kier molecular flexibility index (Phi) is 6.86. The van der Waals surface area contributed by atoms with Crippen LogP contribution in [-0.2, 0) is 14.3 Å². The minimum atomic E-state index is -0.694. The van der Waals surface area contributed by atoms with Gasteiger partial charge in [0.25, 0.3) is 0 Å². The Balaban J connectivity index is 4.77. The van der Waals surface area contributed by atoms with E-state index in [-0.39, 0.29) is 18.4 Å². The molecule has 0 aromatic heterocycles. The Morgan fingerprint density at radius 2 is 1.83 bits per heavy atom. The molecule has 0 bridgehead atoms. The molecule has 106 valence electrons. The van der Waals surface area contributed by atoms with Gasteiger partial charge in [-0.2, -0.15) is 0 Å². The predicted molar refractivity (Wildman–Crippen MR) is 70.3 cm³/mol. The van der Waals surface area contributed by atoms with Crippen LogP contribution in [0.3, 0.4) is 0 Å². The molecule has 0 saturated carbocycles. The number of methoxy groups -OCH3 is 1. The maximum atomic E-state index is 12.3. The average Bonchev–Trinajstić information content (AvgIpc) is 2.32. The summed E-state index contributed by atoms with van der Waals surface area (Å²) in [6.07, 6.45) is 0. The predicted octanol–water partition coefficient (Wildman–Crippen LogP) is -0.452. The van der Waals surface area contributed by atoms with Crippen LogP contribution in [0, 0.1) is 0 Å². The van der Waals surface area contributed by atoms with Gasteiger partial charge in [-0.05, 0) is 20.9 Å². The van der Waals surface area contributed by atoms with Gasteiger partial charge in [-0.15, -0.1) is 0 Å². The highest BCUT2D eigenvalue weighted by molar-refractivity contribution is 5.89. The summed E-state index contributed by atoms with van der Waals surface area (Å²) in [6, 6.07) is 0. The van der Waals surface area contributed by atoms with E-state index in [0.29, 0.717) is 13.2 Å². The van der Waals surface area contributed by atoms with Crippen molar-refractivity contribution in [3.63, 3.8) is 0 Å². The van der Waals surface area contributed by atoms with Gasteiger partial charge in [-0.3, -0.25) is 9.59 Å². The lowest BCUT2D eigenvalue weighted by atomic mass is 10.0. The zero-order valence-electron chi connectivity index (χ0n) is 12.2. The number of nitrogens with zero attached hydrogens (tertiary/aromatic N) is 2. The van der Waals surface area contributed by atoms with Crippen molar-refractivity contribution in [1.29, 1.82) is 0 Å². The summed E-state index contributed by atoms with van der Waals surface area (Å²) < 4.78 is 4.97. The molecule has 0 heterocycles. The van der Waals surface area contributed by atoms with Crippen LogP contribution in [0.2, 0.25) is 0 Å². The maximum Gasteiger partial charge on any atom is 0.242 e. The molecule has 0 aliphatic rings. The van der Waals surface area contributed by atoms with Crippen molar-refractivity contribution >= 4 is 11.8 Å². The van der Waals surface area contributed by atoms with Crippen LogP contribution in [0.1, 0.15) is 13.8 Å². The first-order valence-corrected chi connectivity index (χ1v) is 5.93. The van der Waals surface area contributed by atoms with Gasteiger partial charge in [0.05, 0.1) is 18.7 Å². The average molecular weight is 259 g/mol. The van der Waals surface area contributed by atoms with Gasteiger partial charge < -0.3 is 19.9 Å². The highest BCUT2D eigenvalue weighted by Gasteiger charge is 2.31. The fourth-order valence-corrected chi connectivity index (χ4v) is 1.26. The van der Waals surface area contributed by atoms with Crippen LogP contribution in [0.5, 0.6) is 0 Å². The number of hydrogen-bond acceptors (Lipinski definition) is 4. The van der Waals surface area contributed by atoms with E-state index >= 15 is 0 Å². The summed E-state index contributed by atoms with van der Waals surface area (Å²) in [4.78, 5) is 27.0. The number of carbonyl (C=O) groups is 2. The third kappa shape index (κ3) is 5.01. The smallest absolute Gasteiger partial charge is 0.242 e. The van der Waals surface area contributed by atoms with Gasteiger partial charge in [0.1, 0.15) is 0 Å². The van der Waals surface area contributed by atoms with Gasteiger partial charge in [-0.25, -0.2) is 0 Å². The number of likely N-dealkylation sites (N-methyl/N-ethyl adjacent to an activating group) is 2. The molecule has 6 heteroatoms. The van der Waals surface area contributed by atoms with Gasteiger partial charge in [0, 0.05) is 27.7 Å². The lowest BCUT2D eigenvalue weighted by molar-refractivity contribution is -0.143. The molecule has 2 amide bonds. The molecule has 0 fully saturated rings. The van der Waals surface area contributed by atoms with Gasteiger partial charge in [-0.1, -0.05) is 0 Å². The van der Waals surface area contributed by atoms with E-state index in [9.17, 15) is 9.59 Å². The normalized spacial score (nSPS) is 11.2. The van der Waals surface area contributed by atoms with Crippen molar-refractivity contribution in [2.75, 3.05) is 47.9 Å². The van der Waals surface area contributed by atoms with E-state index in [4.69, 9.17) is 4.74 Å². The van der Waals surface area contributed by atoms with Crippen molar-refractivity contribution in [2.45, 2.75) is 19.4 Å². The Bertz CT molecular complexity index is 290. The lowest BCUT2D eigenvalue weighted by Crippen LogP contribution is -2.55. The van der Waals surface area contributed by atoms with Crippen LogP contribution in [-0.4, -0.2) is 75.1 Å². The van der Waals surface area contributed by atoms with E-state index in [2.05, 4.69) is 5.32 Å². The number of amides is 2. The monoisotopic (exact) mass is 259 g/mol. The third-order valence-electron chi connectivity index (χ3n) is 2.84. The first-order chi connectivity index (χ1) is 8.26. The summed E-state index contributed by atoms with van der Waals surface area (Å²) in [6.45, 7) is 4.46. The van der Waals surface area contributed by atoms with Crippen LogP contribution < -0.4 is 5.32 Å². The Labute approximate surface area is 109 Å². The molecule has 0 radical (unpaired) electrons. The second-order valence-electron chi connectivity index (χ2n) is 4.88. The standard InChI is InChI=1S/C12H25N3O3/c1-12(2,13-3)11(17)15(7-8-18-6)9-10(16)14(4)5/h13H,7-9H2,1-6H3. The molecular weight excluding hydrogens is 234 g/mol. The second kappa shape index (κ2) is 7.33. The largest absolute Gasteiger partial charge is 0.383 e. The lowest BCUT2D eigenvalue weighted by Gasteiger charge is -2.31. The highest BCUT2D eigenvalue weighted by atomic mass is 16.5. The SMILES string of the molecule is CNC(C)(C)C(=O)N(CCOC)CC(=O)N(C)C. The van der Waals surface area contributed by atoms with Crippen LogP contribution in [0.25, 0.3) is 0 Å². The quantitative estimate of drug-likeness (QED) is 0.672. The Hall–Kier alpha value is -1.14. The molecule has 1 N–H and O–H groups in total. The maximum absolute atomic E-state index is 12.3. The molecule has 0 rings (SSSR count). The number of rotatable bonds is 7. The molecule has 0 unspecified atom stereocenters. The molecule has 0 aliphatic carbocycles. The van der Waals surface area contributed by atoms with Crippen molar-refractivity contribution < 1.29 is 14.3 Å². The van der Waals surface area contributed by atoms with E-state index < -0.39 is 5.54 Å². The number of hydrogen-bond donors (Lipinski definition) is 1. The van der Waals surface area contributed by atoms with Crippen molar-refractivity contribution in [3.8, 4) is 0 Å². The fraction of sp³-hybridized carbons (Fsp3) is 0.833. The van der Waals surface area contributed by atoms with Crippen molar-refractivity contribution in [2.24, 2.45) is 0 Å². The fourth-order valence-electron chi connectivity index (χ4n) is 1.26. The number of ether oxygens (including phenoxy) is 1. The van der Waals surface area contributed by atoms with E-state index in [1.807, 2.05) is 0 Å². The van der Waals surface area contributed by atoms with Crippen molar-refractivity contribution in [1.82, 2.24) is 15.1 Å². The van der Waals surface area contributed by atoms with E-state index in [0.717, 1.165) is 0 Å². The molecule has 0 saturated heterocycles. The third-order valence-corrected chi connectivity index (χ3v) is 2.84. The summed E-state index contributed by atoms with van der Waals surface area (Å²) >= 11 is 0. The van der Waals surface area contributed by atoms with Gasteiger partial charge in [0.15, 0.2) is 0 Å². The molecule has 0 atom stereocenters. The summed E-state index contributed by atoms with van der Waals surface area (Å²) in [5.74, 6) is -0.219. The zero-order chi connectivity index (χ0) is 14.3. The van der Waals surface area contributed by atoms with Gasteiger partial charge in [0.2, 0.25) is 11.8 Å². The van der Waals surface area contributed by atoms with Crippen LogP contribution in [0.4, 0.5) is 0 Å². The summed E-state index contributed by atoms with van der Waals surface area (Å²) in [5, 5.41) is 2.94. The van der Waals surface area contributed by atoms with E-state index in [1.165, 1.54) is 9.80 Å². The summed E-state index contributed by atoms with van der Waals surface area (Å²) in [5.41, 5.74) is -0.694. The number of nitrogens with one attached hydrogen (secondary N) is 1. The molecule has 0 spiro atoms. The topological polar surface area (TPSA) is 61.9 Å².